The molecule has 52 heavy (non-hydrogen) atoms. The Hall–Kier alpha value is -6.26. The van der Waals surface area contributed by atoms with E-state index < -0.39 is 0 Å². The summed E-state index contributed by atoms with van der Waals surface area (Å²) in [5, 5.41) is 4.33. The van der Waals surface area contributed by atoms with Crippen LogP contribution in [0.5, 0.6) is 0 Å². The number of anilines is 6. The fourth-order valence-electron chi connectivity index (χ4n) is 9.36. The number of rotatable bonds is 2. The van der Waals surface area contributed by atoms with E-state index in [0.29, 0.717) is 0 Å². The number of nitrogens with zero attached hydrogens (tertiary/aromatic N) is 2. The Morgan fingerprint density at radius 3 is 1.19 bits per heavy atom. The van der Waals surface area contributed by atoms with E-state index >= 15 is 0 Å². The minimum Gasteiger partial charge on any atom is -0.456 e. The molecule has 2 aliphatic heterocycles. The molecule has 0 atom stereocenters. The van der Waals surface area contributed by atoms with Crippen molar-refractivity contribution < 1.29 is 8.83 Å². The van der Waals surface area contributed by atoms with Crippen molar-refractivity contribution in [1.82, 2.24) is 0 Å². The van der Waals surface area contributed by atoms with Crippen molar-refractivity contribution in [2.45, 2.75) is 38.5 Å². The van der Waals surface area contributed by atoms with Crippen LogP contribution in [-0.2, 0) is 10.8 Å². The quantitative estimate of drug-likeness (QED) is 0.183. The Kier molecular flexibility index (Phi) is 5.76. The van der Waals surface area contributed by atoms with Crippen molar-refractivity contribution >= 4 is 78.0 Å². The van der Waals surface area contributed by atoms with Gasteiger partial charge in [0.25, 0.3) is 0 Å². The van der Waals surface area contributed by atoms with Gasteiger partial charge in [-0.25, -0.2) is 0 Å². The molecule has 0 fully saturated rings. The summed E-state index contributed by atoms with van der Waals surface area (Å²) in [6, 6.07) is 52.2. The molecular weight excluding hydrogens is 637 g/mol. The second-order valence-electron chi connectivity index (χ2n) is 15.3. The molecule has 0 spiro atoms. The average molecular weight is 673 g/mol. The average Bonchev–Trinajstić information content (AvgIpc) is 3.71. The molecule has 0 bridgehead atoms. The van der Waals surface area contributed by atoms with Crippen LogP contribution in [0, 0.1) is 0 Å². The first-order chi connectivity index (χ1) is 25.3. The van der Waals surface area contributed by atoms with Gasteiger partial charge in [-0.15, -0.1) is 0 Å². The topological polar surface area (TPSA) is 32.8 Å². The van der Waals surface area contributed by atoms with Crippen LogP contribution >= 0.6 is 0 Å². The summed E-state index contributed by atoms with van der Waals surface area (Å²) >= 11 is 0. The first kappa shape index (κ1) is 29.5. The highest BCUT2D eigenvalue weighted by Gasteiger charge is 2.41. The minimum absolute atomic E-state index is 0.290. The van der Waals surface area contributed by atoms with Gasteiger partial charge in [0, 0.05) is 54.9 Å². The Labute approximate surface area is 302 Å². The Morgan fingerprint density at radius 1 is 0.385 bits per heavy atom. The number of hydrogen-bond acceptors (Lipinski definition) is 4. The van der Waals surface area contributed by atoms with Gasteiger partial charge in [0.15, 0.2) is 0 Å². The number of para-hydroxylation sites is 4. The highest BCUT2D eigenvalue weighted by Crippen LogP contribution is 2.57. The van der Waals surface area contributed by atoms with Gasteiger partial charge < -0.3 is 18.6 Å². The molecule has 0 N–H and O–H groups in total. The highest BCUT2D eigenvalue weighted by atomic mass is 16.3. The van der Waals surface area contributed by atoms with Crippen LogP contribution in [0.1, 0.15) is 49.9 Å². The molecule has 2 aliphatic rings. The van der Waals surface area contributed by atoms with E-state index in [-0.39, 0.29) is 10.8 Å². The lowest BCUT2D eigenvalue weighted by Gasteiger charge is -2.41. The van der Waals surface area contributed by atoms with Crippen molar-refractivity contribution in [3.63, 3.8) is 0 Å². The zero-order chi connectivity index (χ0) is 34.9. The van der Waals surface area contributed by atoms with Gasteiger partial charge in [-0.3, -0.25) is 0 Å². The third kappa shape index (κ3) is 3.76. The normalized spacial score (nSPS) is 15.5. The van der Waals surface area contributed by atoms with E-state index in [9.17, 15) is 0 Å². The molecule has 7 aromatic carbocycles. The van der Waals surface area contributed by atoms with E-state index in [1.165, 1.54) is 33.6 Å². The molecule has 0 amide bonds. The SMILES string of the molecule is CC1(C)c2ccccc2N(c2ccccc2)c2ccc3c(oc4cc5c(cc43)oc3c4c(ccc35)N(c3ccccc3)c3ccccc3C4(C)C)c21. The van der Waals surface area contributed by atoms with Gasteiger partial charge in [0.2, 0.25) is 0 Å². The lowest BCUT2D eigenvalue weighted by atomic mass is 9.73. The van der Waals surface area contributed by atoms with E-state index in [1.54, 1.807) is 0 Å². The van der Waals surface area contributed by atoms with Crippen LogP contribution in [0.2, 0.25) is 0 Å². The molecule has 0 saturated heterocycles. The van der Waals surface area contributed by atoms with Crippen LogP contribution in [0.4, 0.5) is 34.1 Å². The Bertz CT molecular complexity index is 2710. The summed E-state index contributed by atoms with van der Waals surface area (Å²) in [7, 11) is 0. The predicted octanol–water partition coefficient (Wildman–Crippen LogP) is 13.7. The molecule has 11 rings (SSSR count). The summed E-state index contributed by atoms with van der Waals surface area (Å²) in [6.07, 6.45) is 0. The molecule has 4 heteroatoms. The minimum atomic E-state index is -0.290. The molecule has 0 aliphatic carbocycles. The summed E-state index contributed by atoms with van der Waals surface area (Å²) in [5.74, 6) is 0. The van der Waals surface area contributed by atoms with Crippen LogP contribution < -0.4 is 9.80 Å². The highest BCUT2D eigenvalue weighted by molar-refractivity contribution is 6.17. The van der Waals surface area contributed by atoms with Crippen molar-refractivity contribution in [3.05, 3.63) is 168 Å². The molecular formula is C48H36N2O2. The molecule has 0 unspecified atom stereocenters. The molecule has 250 valence electrons. The molecule has 0 radical (unpaired) electrons. The van der Waals surface area contributed by atoms with Gasteiger partial charge in [-0.1, -0.05) is 100 Å². The van der Waals surface area contributed by atoms with Crippen molar-refractivity contribution in [1.29, 1.82) is 0 Å². The van der Waals surface area contributed by atoms with E-state index in [0.717, 1.165) is 66.6 Å². The predicted molar refractivity (Wildman–Crippen MR) is 215 cm³/mol. The fourth-order valence-corrected chi connectivity index (χ4v) is 9.36. The molecule has 0 saturated carbocycles. The number of hydrogen-bond donors (Lipinski definition) is 0. The van der Waals surface area contributed by atoms with E-state index in [4.69, 9.17) is 8.83 Å². The monoisotopic (exact) mass is 672 g/mol. The molecule has 4 nitrogen and oxygen atoms in total. The standard InChI is InChI=1S/C48H36N2O2/c1-47(2)35-19-11-13-21-37(35)49(29-15-7-5-8-16-29)39-25-23-31-33-27-42-34(28-41(33)51-45(31)43(39)47)32-24-26-40-44(46(32)52-42)48(3,4)36-20-12-14-22-38(36)50(40)30-17-9-6-10-18-30/h5-28H,1-4H3. The first-order valence-electron chi connectivity index (χ1n) is 18.1. The van der Waals surface area contributed by atoms with Crippen molar-refractivity contribution in [3.8, 4) is 0 Å². The van der Waals surface area contributed by atoms with Crippen LogP contribution in [0.15, 0.2) is 154 Å². The van der Waals surface area contributed by atoms with Crippen molar-refractivity contribution in [2.75, 3.05) is 9.80 Å². The largest absolute Gasteiger partial charge is 0.456 e. The number of fused-ring (bicyclic) bond motifs is 12. The molecule has 2 aromatic heterocycles. The van der Waals surface area contributed by atoms with Gasteiger partial charge in [0.1, 0.15) is 22.3 Å². The second kappa shape index (κ2) is 10.2. The summed E-state index contributed by atoms with van der Waals surface area (Å²) < 4.78 is 14.0. The zero-order valence-corrected chi connectivity index (χ0v) is 29.6. The first-order valence-corrected chi connectivity index (χ1v) is 18.1. The summed E-state index contributed by atoms with van der Waals surface area (Å²) in [5.41, 5.74) is 14.9. The lowest BCUT2D eigenvalue weighted by molar-refractivity contribution is 0.600. The second-order valence-corrected chi connectivity index (χ2v) is 15.3. The molecule has 4 heterocycles. The summed E-state index contributed by atoms with van der Waals surface area (Å²) in [4.78, 5) is 4.76. The smallest absolute Gasteiger partial charge is 0.141 e. The maximum atomic E-state index is 7.01. The van der Waals surface area contributed by atoms with E-state index in [2.05, 4.69) is 183 Å². The van der Waals surface area contributed by atoms with Crippen LogP contribution in [0.3, 0.4) is 0 Å². The maximum Gasteiger partial charge on any atom is 0.141 e. The summed E-state index contributed by atoms with van der Waals surface area (Å²) in [6.45, 7) is 9.28. The van der Waals surface area contributed by atoms with E-state index in [1.807, 2.05) is 0 Å². The van der Waals surface area contributed by atoms with Gasteiger partial charge >= 0.3 is 0 Å². The van der Waals surface area contributed by atoms with Gasteiger partial charge in [-0.2, -0.15) is 0 Å². The van der Waals surface area contributed by atoms with Crippen LogP contribution in [-0.4, -0.2) is 0 Å². The Balaban J connectivity index is 1.16. The fraction of sp³-hybridized carbons (Fsp3) is 0.125. The zero-order valence-electron chi connectivity index (χ0n) is 29.6. The third-order valence-electron chi connectivity index (χ3n) is 11.8. The number of furan rings is 2. The van der Waals surface area contributed by atoms with Gasteiger partial charge in [0.05, 0.1) is 22.7 Å². The van der Waals surface area contributed by atoms with Gasteiger partial charge in [-0.05, 0) is 83.9 Å². The third-order valence-corrected chi connectivity index (χ3v) is 11.8. The van der Waals surface area contributed by atoms with Crippen LogP contribution in [0.25, 0.3) is 43.9 Å². The van der Waals surface area contributed by atoms with Crippen molar-refractivity contribution in [2.24, 2.45) is 0 Å². The lowest BCUT2D eigenvalue weighted by Crippen LogP contribution is -2.30. The Morgan fingerprint density at radius 2 is 0.769 bits per heavy atom. The number of benzene rings is 7. The maximum absolute atomic E-state index is 7.01. The molecule has 9 aromatic rings.